The molecule has 3 aliphatic carbocycles. The molecule has 1 aromatic heterocycles. The predicted octanol–water partition coefficient (Wildman–Crippen LogP) is 4.42. The third kappa shape index (κ3) is 8.05. The van der Waals surface area contributed by atoms with E-state index in [1.165, 1.54) is 28.7 Å². The molecule has 5 N–H and O–H groups in total. The predicted molar refractivity (Wildman–Crippen MR) is 203 cm³/mol. The number of pyridine rings is 1. The molecule has 55 heavy (non-hydrogen) atoms. The smallest absolute Gasteiger partial charge is 0.252 e. The quantitative estimate of drug-likeness (QED) is 0.158. The number of carbonyl (C=O) groups is 3. The van der Waals surface area contributed by atoms with Gasteiger partial charge in [-0.15, -0.1) is 0 Å². The minimum Gasteiger partial charge on any atom is -0.507 e. The van der Waals surface area contributed by atoms with Crippen molar-refractivity contribution in [2.75, 3.05) is 33.4 Å². The summed E-state index contributed by atoms with van der Waals surface area (Å²) in [5.74, 6) is -2.90. The van der Waals surface area contributed by atoms with Crippen LogP contribution in [0.25, 0.3) is 0 Å². The van der Waals surface area contributed by atoms with E-state index in [0.717, 1.165) is 5.03 Å². The number of allylic oxidation sites excluding steroid dienone is 4. The van der Waals surface area contributed by atoms with Gasteiger partial charge in [0, 0.05) is 66.4 Å². The van der Waals surface area contributed by atoms with Crippen LogP contribution in [0.2, 0.25) is 0 Å². The van der Waals surface area contributed by atoms with Crippen molar-refractivity contribution in [1.82, 2.24) is 15.6 Å². The third-order valence-electron chi connectivity index (χ3n) is 10.6. The van der Waals surface area contributed by atoms with E-state index in [-0.39, 0.29) is 58.7 Å². The molecule has 0 saturated carbocycles. The number of nitrogens with zero attached hydrogens (tertiary/aromatic N) is 1. The number of hydrogen-bond acceptors (Lipinski definition) is 15. The molecule has 6 atom stereocenters. The number of phenols is 2. The third-order valence-corrected chi connectivity index (χ3v) is 13.8. The molecule has 2 aromatic rings. The van der Waals surface area contributed by atoms with Gasteiger partial charge in [-0.2, -0.15) is 0 Å². The first-order valence-electron chi connectivity index (χ1n) is 18.5. The van der Waals surface area contributed by atoms with Crippen molar-refractivity contribution in [3.05, 3.63) is 69.6 Å². The lowest BCUT2D eigenvalue weighted by Crippen LogP contribution is -2.54. The molecule has 2 saturated heterocycles. The van der Waals surface area contributed by atoms with Crippen LogP contribution in [-0.4, -0.2) is 106 Å². The summed E-state index contributed by atoms with van der Waals surface area (Å²) in [7, 11) is 4.39. The van der Waals surface area contributed by atoms with E-state index in [1.807, 2.05) is 39.0 Å². The lowest BCUT2D eigenvalue weighted by molar-refractivity contribution is -0.258. The average Bonchev–Trinajstić information content (AvgIpc) is 3.18. The van der Waals surface area contributed by atoms with Crippen LogP contribution in [0.1, 0.15) is 90.8 Å². The second kappa shape index (κ2) is 16.2. The van der Waals surface area contributed by atoms with Crippen molar-refractivity contribution >= 4 is 39.1 Å². The number of hydrogen-bond donors (Lipinski definition) is 5. The number of nitrogens with one attached hydrogen (secondary N) is 2. The molecule has 1 aromatic carbocycles. The summed E-state index contributed by atoms with van der Waals surface area (Å²) in [5.41, 5.74) is -2.83. The fraction of sp³-hybridized carbons (Fsp3) is 0.538. The zero-order valence-electron chi connectivity index (χ0n) is 31.2. The topological polar surface area (TPSA) is 195 Å². The van der Waals surface area contributed by atoms with Crippen LogP contribution < -0.4 is 10.6 Å². The van der Waals surface area contributed by atoms with Gasteiger partial charge in [0.2, 0.25) is 5.78 Å². The summed E-state index contributed by atoms with van der Waals surface area (Å²) in [4.78, 5) is 46.5. The van der Waals surface area contributed by atoms with E-state index in [4.69, 9.17) is 23.7 Å². The van der Waals surface area contributed by atoms with Gasteiger partial charge < -0.3 is 44.3 Å². The molecule has 0 spiro atoms. The first kappa shape index (κ1) is 39.7. The highest BCUT2D eigenvalue weighted by atomic mass is 33.1. The first-order chi connectivity index (χ1) is 26.3. The normalized spacial score (nSPS) is 28.2. The van der Waals surface area contributed by atoms with Crippen LogP contribution in [0.5, 0.6) is 11.5 Å². The largest absolute Gasteiger partial charge is 0.507 e. The molecule has 0 unspecified atom stereocenters. The molecular formula is C39H47N3O11S2. The Morgan fingerprint density at radius 2 is 1.95 bits per heavy atom. The minimum atomic E-state index is -2.15. The van der Waals surface area contributed by atoms with Gasteiger partial charge in [0.1, 0.15) is 34.1 Å². The molecular weight excluding hydrogens is 751 g/mol. The van der Waals surface area contributed by atoms with E-state index in [1.54, 1.807) is 12.3 Å². The van der Waals surface area contributed by atoms with Gasteiger partial charge in [-0.1, -0.05) is 22.9 Å². The monoisotopic (exact) mass is 797 g/mol. The van der Waals surface area contributed by atoms with E-state index in [0.29, 0.717) is 51.2 Å². The zero-order valence-corrected chi connectivity index (χ0v) is 32.8. The van der Waals surface area contributed by atoms with Crippen molar-refractivity contribution in [2.45, 2.75) is 106 Å². The van der Waals surface area contributed by atoms with Crippen LogP contribution in [0, 0.1) is 0 Å². The second-order valence-electron chi connectivity index (χ2n) is 15.0. The van der Waals surface area contributed by atoms with Crippen LogP contribution in [0.3, 0.4) is 0 Å². The van der Waals surface area contributed by atoms with Gasteiger partial charge in [0.25, 0.3) is 5.91 Å². The van der Waals surface area contributed by atoms with E-state index < -0.39 is 64.2 Å². The number of methoxy groups -OCH3 is 1. The number of ether oxygens (including phenoxy) is 5. The zero-order chi connectivity index (χ0) is 39.1. The number of phenolic OH excluding ortho intramolecular Hbond substituents is 2. The van der Waals surface area contributed by atoms with E-state index in [9.17, 15) is 29.7 Å². The maximum Gasteiger partial charge on any atom is 0.252 e. The molecule has 14 nitrogen and oxygen atoms in total. The number of morpholine rings is 1. The highest BCUT2D eigenvalue weighted by Gasteiger charge is 2.51. The van der Waals surface area contributed by atoms with Crippen LogP contribution in [0.15, 0.2) is 52.4 Å². The Labute approximate surface area is 327 Å². The van der Waals surface area contributed by atoms with Crippen LogP contribution >= 0.6 is 21.6 Å². The van der Waals surface area contributed by atoms with Crippen molar-refractivity contribution in [1.29, 1.82) is 0 Å². The average molecular weight is 798 g/mol. The standard InChI is InChI=1S/C39H47N3O11S2/c1-20-23(52-26-18-50-15-14-40-26)11-12-28(51-20)53-25-17-39(48,37(47)42-19-38(2,3)55-54-27-10-5-6-13-41-27)16-22-30(25)36(46)32-31(34(22)44)33(43)21-8-7-9-24(49-4)29(21)35(32)45/h5-6,8,10,13,20,23,25-26,28,40,44,46,48H,7,9,11-12,14-19H2,1-4H3,(H,42,47)/t20-,23-,25-,26+,28-,39-/m0/s1. The molecule has 2 aliphatic heterocycles. The number of ketones is 2. The molecule has 7 rings (SSSR count). The number of carbonyl (C=O) groups excluding carboxylic acids is 3. The highest BCUT2D eigenvalue weighted by molar-refractivity contribution is 8.77. The molecule has 16 heteroatoms. The lowest BCUT2D eigenvalue weighted by atomic mass is 9.71. The van der Waals surface area contributed by atoms with Crippen molar-refractivity contribution < 1.29 is 53.4 Å². The fourth-order valence-corrected chi connectivity index (χ4v) is 9.82. The first-order valence-corrected chi connectivity index (χ1v) is 20.7. The fourth-order valence-electron chi connectivity index (χ4n) is 7.74. The van der Waals surface area contributed by atoms with E-state index >= 15 is 0 Å². The highest BCUT2D eigenvalue weighted by Crippen LogP contribution is 2.53. The van der Waals surface area contributed by atoms with Crippen LogP contribution in [-0.2, 0) is 34.9 Å². The van der Waals surface area contributed by atoms with Crippen LogP contribution in [0.4, 0.5) is 0 Å². The van der Waals surface area contributed by atoms with Crippen molar-refractivity contribution in [3.63, 3.8) is 0 Å². The number of aliphatic hydroxyl groups is 1. The number of aromatic nitrogens is 1. The summed E-state index contributed by atoms with van der Waals surface area (Å²) in [5, 5.41) is 43.0. The Balaban J connectivity index is 1.19. The summed E-state index contributed by atoms with van der Waals surface area (Å²) in [6.07, 6.45) is 1.20. The number of aromatic hydroxyl groups is 2. The van der Waals surface area contributed by atoms with Gasteiger partial charge in [0.15, 0.2) is 12.1 Å². The summed E-state index contributed by atoms with van der Waals surface area (Å²) in [6, 6.07) is 5.61. The number of Topliss-reactive ketones (excluding diaryl/α,β-unsaturated/α-hetero) is 2. The van der Waals surface area contributed by atoms with Gasteiger partial charge in [-0.05, 0) is 56.5 Å². The van der Waals surface area contributed by atoms with Gasteiger partial charge in [-0.25, -0.2) is 4.98 Å². The van der Waals surface area contributed by atoms with Crippen molar-refractivity contribution in [2.24, 2.45) is 0 Å². The Kier molecular flexibility index (Phi) is 11.7. The van der Waals surface area contributed by atoms with Crippen molar-refractivity contribution in [3.8, 4) is 11.5 Å². The molecule has 5 aliphatic rings. The maximum atomic E-state index is 14.1. The molecule has 3 heterocycles. The number of amides is 1. The SMILES string of the molecule is COC1=C2C(=O)c3c(O)c4c(c(O)c3C(=O)C2=CCC1)C[C@@](O)(C(=O)NCC(C)(C)SSc1ccccn1)C[C@@H]4O[C@H]1CC[C@H](O[C@@H]2COCCN2)[C@H](C)O1. The Hall–Kier alpha value is -3.48. The molecule has 0 radical (unpaired) electrons. The van der Waals surface area contributed by atoms with Gasteiger partial charge in [-0.3, -0.25) is 19.7 Å². The van der Waals surface area contributed by atoms with E-state index in [2.05, 4.69) is 15.6 Å². The molecule has 2 fully saturated rings. The summed E-state index contributed by atoms with van der Waals surface area (Å²) < 4.78 is 29.5. The Bertz CT molecular complexity index is 1900. The molecule has 1 amide bonds. The number of benzene rings is 1. The minimum absolute atomic E-state index is 0.0125. The molecule has 296 valence electrons. The Morgan fingerprint density at radius 1 is 1.15 bits per heavy atom. The maximum absolute atomic E-state index is 14.1. The number of rotatable bonds is 11. The Morgan fingerprint density at radius 3 is 2.65 bits per heavy atom. The summed E-state index contributed by atoms with van der Waals surface area (Å²) >= 11 is 0. The van der Waals surface area contributed by atoms with Gasteiger partial charge >= 0.3 is 0 Å². The summed E-state index contributed by atoms with van der Waals surface area (Å²) in [6.45, 7) is 7.62. The van der Waals surface area contributed by atoms with Gasteiger partial charge in [0.05, 0.1) is 55.3 Å². The molecule has 0 bridgehead atoms. The second-order valence-corrected chi connectivity index (χ2v) is 17.9. The lowest BCUT2D eigenvalue weighted by Gasteiger charge is -2.42. The number of fused-ring (bicyclic) bond motifs is 3.